The van der Waals surface area contributed by atoms with Crippen LogP contribution >= 0.6 is 11.3 Å². The van der Waals surface area contributed by atoms with E-state index in [2.05, 4.69) is 54.0 Å². The maximum absolute atomic E-state index is 5.20. The summed E-state index contributed by atoms with van der Waals surface area (Å²) in [4.78, 5) is 0. The van der Waals surface area contributed by atoms with Gasteiger partial charge in [-0.2, -0.15) is 0 Å². The number of nitrogens with one attached hydrogen (secondary N) is 1. The van der Waals surface area contributed by atoms with Crippen LogP contribution in [0.5, 0.6) is 5.75 Å². The molecule has 1 N–H and O–H groups in total. The van der Waals surface area contributed by atoms with Crippen LogP contribution in [-0.2, 0) is 6.54 Å². The molecule has 108 valence electrons. The Morgan fingerprint density at radius 2 is 1.86 bits per heavy atom. The van der Waals surface area contributed by atoms with Crippen molar-refractivity contribution in [2.24, 2.45) is 0 Å². The summed E-state index contributed by atoms with van der Waals surface area (Å²) in [7, 11) is 1.69. The van der Waals surface area contributed by atoms with Crippen LogP contribution in [0, 0.1) is 0 Å². The van der Waals surface area contributed by atoms with Gasteiger partial charge in [-0.25, -0.2) is 0 Å². The molecule has 3 rings (SSSR count). The molecule has 1 aromatic heterocycles. The number of hydrogen-bond donors (Lipinski definition) is 1. The molecule has 0 saturated heterocycles. The Bertz CT molecular complexity index is 717. The van der Waals surface area contributed by atoms with Crippen LogP contribution in [0.4, 0.5) is 0 Å². The second kappa shape index (κ2) is 6.29. The van der Waals surface area contributed by atoms with Crippen molar-refractivity contribution >= 4 is 21.4 Å². The van der Waals surface area contributed by atoms with E-state index in [1.165, 1.54) is 21.2 Å². The number of methoxy groups -OCH3 is 1. The van der Waals surface area contributed by atoms with E-state index < -0.39 is 0 Å². The maximum Gasteiger partial charge on any atom is 0.118 e. The van der Waals surface area contributed by atoms with Crippen LogP contribution in [-0.4, -0.2) is 7.11 Å². The van der Waals surface area contributed by atoms with Gasteiger partial charge in [0.25, 0.3) is 0 Å². The topological polar surface area (TPSA) is 21.3 Å². The highest BCUT2D eigenvalue weighted by atomic mass is 32.1. The molecule has 1 unspecified atom stereocenters. The fourth-order valence-corrected chi connectivity index (χ4v) is 3.41. The first-order valence-electron chi connectivity index (χ1n) is 7.10. The predicted molar refractivity (Wildman–Crippen MR) is 90.1 cm³/mol. The molecule has 0 aliphatic carbocycles. The van der Waals surface area contributed by atoms with Crippen LogP contribution in [0.2, 0.25) is 0 Å². The summed E-state index contributed by atoms with van der Waals surface area (Å²) in [6, 6.07) is 17.1. The molecule has 0 amide bonds. The molecular formula is C18H19NOS. The molecule has 21 heavy (non-hydrogen) atoms. The van der Waals surface area contributed by atoms with Crippen molar-refractivity contribution in [3.63, 3.8) is 0 Å². The number of hydrogen-bond acceptors (Lipinski definition) is 3. The Kier molecular flexibility index (Phi) is 4.23. The molecule has 0 saturated carbocycles. The molecule has 2 nitrogen and oxygen atoms in total. The third-order valence-corrected chi connectivity index (χ3v) is 4.79. The lowest BCUT2D eigenvalue weighted by atomic mass is 10.1. The number of rotatable bonds is 5. The van der Waals surface area contributed by atoms with Gasteiger partial charge < -0.3 is 10.1 Å². The molecule has 3 heteroatoms. The lowest BCUT2D eigenvalue weighted by Crippen LogP contribution is -2.17. The Morgan fingerprint density at radius 1 is 1.10 bits per heavy atom. The van der Waals surface area contributed by atoms with E-state index in [0.717, 1.165) is 12.3 Å². The summed E-state index contributed by atoms with van der Waals surface area (Å²) < 4.78 is 6.55. The highest BCUT2D eigenvalue weighted by Gasteiger charge is 2.07. The number of ether oxygens (including phenoxy) is 1. The summed E-state index contributed by atoms with van der Waals surface area (Å²) in [5, 5.41) is 7.20. The van der Waals surface area contributed by atoms with Gasteiger partial charge in [0, 0.05) is 17.3 Å². The fourth-order valence-electron chi connectivity index (χ4n) is 2.44. The van der Waals surface area contributed by atoms with Crippen molar-refractivity contribution in [2.45, 2.75) is 19.5 Å². The molecule has 0 bridgehead atoms. The molecule has 0 radical (unpaired) electrons. The van der Waals surface area contributed by atoms with Crippen molar-refractivity contribution < 1.29 is 4.74 Å². The van der Waals surface area contributed by atoms with Crippen molar-refractivity contribution in [1.29, 1.82) is 0 Å². The highest BCUT2D eigenvalue weighted by Crippen LogP contribution is 2.26. The second-order valence-electron chi connectivity index (χ2n) is 5.13. The SMILES string of the molecule is COc1ccc(C(C)NCc2csc3ccccc23)cc1. The molecule has 2 aromatic carbocycles. The first kappa shape index (κ1) is 14.1. The minimum atomic E-state index is 0.314. The van der Waals surface area contributed by atoms with Gasteiger partial charge in [0.1, 0.15) is 5.75 Å². The van der Waals surface area contributed by atoms with Gasteiger partial charge >= 0.3 is 0 Å². The van der Waals surface area contributed by atoms with Crippen molar-refractivity contribution in [1.82, 2.24) is 5.32 Å². The molecule has 0 aliphatic rings. The number of fused-ring (bicyclic) bond motifs is 1. The average molecular weight is 297 g/mol. The van der Waals surface area contributed by atoms with Crippen LogP contribution in [0.15, 0.2) is 53.9 Å². The van der Waals surface area contributed by atoms with Gasteiger partial charge in [0.2, 0.25) is 0 Å². The van der Waals surface area contributed by atoms with E-state index in [4.69, 9.17) is 4.74 Å². The number of thiophene rings is 1. The highest BCUT2D eigenvalue weighted by molar-refractivity contribution is 7.17. The zero-order valence-electron chi connectivity index (χ0n) is 12.3. The lowest BCUT2D eigenvalue weighted by molar-refractivity contribution is 0.414. The standard InChI is InChI=1S/C18H19NOS/c1-13(14-7-9-16(20-2)10-8-14)19-11-15-12-21-18-6-4-3-5-17(15)18/h3-10,12-13,19H,11H2,1-2H3. The molecule has 0 spiro atoms. The van der Waals surface area contributed by atoms with Gasteiger partial charge in [-0.15, -0.1) is 11.3 Å². The largest absolute Gasteiger partial charge is 0.497 e. The van der Waals surface area contributed by atoms with Gasteiger partial charge in [-0.05, 0) is 47.0 Å². The minimum absolute atomic E-state index is 0.314. The molecule has 1 heterocycles. The van der Waals surface area contributed by atoms with Gasteiger partial charge in [-0.1, -0.05) is 30.3 Å². The molecule has 3 aromatic rings. The van der Waals surface area contributed by atoms with Gasteiger partial charge in [0.15, 0.2) is 0 Å². The van der Waals surface area contributed by atoms with E-state index in [0.29, 0.717) is 6.04 Å². The first-order chi connectivity index (χ1) is 10.3. The normalized spacial score (nSPS) is 12.5. The zero-order chi connectivity index (χ0) is 14.7. The quantitative estimate of drug-likeness (QED) is 0.733. The third-order valence-electron chi connectivity index (χ3n) is 3.78. The minimum Gasteiger partial charge on any atom is -0.497 e. The van der Waals surface area contributed by atoms with Crippen LogP contribution in [0.25, 0.3) is 10.1 Å². The van der Waals surface area contributed by atoms with E-state index in [1.807, 2.05) is 23.5 Å². The Hall–Kier alpha value is -1.84. The summed E-state index contributed by atoms with van der Waals surface area (Å²) in [6.45, 7) is 3.08. The summed E-state index contributed by atoms with van der Waals surface area (Å²) >= 11 is 1.81. The lowest BCUT2D eigenvalue weighted by Gasteiger charge is -2.14. The fraction of sp³-hybridized carbons (Fsp3) is 0.222. The second-order valence-corrected chi connectivity index (χ2v) is 6.04. The first-order valence-corrected chi connectivity index (χ1v) is 7.98. The summed E-state index contributed by atoms with van der Waals surface area (Å²) in [5.41, 5.74) is 2.64. The van der Waals surface area contributed by atoms with Crippen molar-refractivity contribution in [3.8, 4) is 5.75 Å². The molecule has 0 aliphatic heterocycles. The van der Waals surface area contributed by atoms with Crippen molar-refractivity contribution in [3.05, 3.63) is 65.0 Å². The maximum atomic E-state index is 5.20. The van der Waals surface area contributed by atoms with Crippen LogP contribution in [0.3, 0.4) is 0 Å². The molecule has 1 atom stereocenters. The van der Waals surface area contributed by atoms with Crippen molar-refractivity contribution in [2.75, 3.05) is 7.11 Å². The Labute approximate surface area is 129 Å². The Balaban J connectivity index is 1.68. The average Bonchev–Trinajstić information content (AvgIpc) is 2.96. The number of benzene rings is 2. The molecular weight excluding hydrogens is 278 g/mol. The van der Waals surface area contributed by atoms with E-state index >= 15 is 0 Å². The van der Waals surface area contributed by atoms with Gasteiger partial charge in [-0.3, -0.25) is 0 Å². The van der Waals surface area contributed by atoms with E-state index in [9.17, 15) is 0 Å². The van der Waals surface area contributed by atoms with E-state index in [-0.39, 0.29) is 0 Å². The monoisotopic (exact) mass is 297 g/mol. The summed E-state index contributed by atoms with van der Waals surface area (Å²) in [5.74, 6) is 0.898. The Morgan fingerprint density at radius 3 is 2.62 bits per heavy atom. The van der Waals surface area contributed by atoms with Gasteiger partial charge in [0.05, 0.1) is 7.11 Å². The third kappa shape index (κ3) is 3.09. The zero-order valence-corrected chi connectivity index (χ0v) is 13.1. The van der Waals surface area contributed by atoms with E-state index in [1.54, 1.807) is 7.11 Å². The predicted octanol–water partition coefficient (Wildman–Crippen LogP) is 4.76. The smallest absolute Gasteiger partial charge is 0.118 e. The van der Waals surface area contributed by atoms with Crippen LogP contribution in [0.1, 0.15) is 24.1 Å². The summed E-state index contributed by atoms with van der Waals surface area (Å²) in [6.07, 6.45) is 0. The molecule has 0 fully saturated rings. The van der Waals surface area contributed by atoms with Crippen LogP contribution < -0.4 is 10.1 Å².